The molecule has 1 unspecified atom stereocenters. The molecule has 0 aliphatic heterocycles. The lowest BCUT2D eigenvalue weighted by molar-refractivity contribution is 0.0673. The fourth-order valence-corrected chi connectivity index (χ4v) is 2.66. The number of methoxy groups -OCH3 is 1. The number of rotatable bonds is 5. The molecular formula is C18H22O2. The zero-order valence-electron chi connectivity index (χ0n) is 12.4. The molecule has 1 N–H and O–H groups in total. The highest BCUT2D eigenvalue weighted by Crippen LogP contribution is 2.39. The molecule has 0 heterocycles. The fraction of sp³-hybridized carbons (Fsp3) is 0.333. The lowest BCUT2D eigenvalue weighted by Crippen LogP contribution is -2.27. The maximum Gasteiger partial charge on any atom is 0.125 e. The van der Waals surface area contributed by atoms with Crippen molar-refractivity contribution < 1.29 is 9.84 Å². The Morgan fingerprint density at radius 1 is 1.10 bits per heavy atom. The van der Waals surface area contributed by atoms with Crippen molar-refractivity contribution in [3.05, 3.63) is 65.2 Å². The van der Waals surface area contributed by atoms with Crippen molar-refractivity contribution in [3.63, 3.8) is 0 Å². The molecule has 1 atom stereocenters. The second-order valence-electron chi connectivity index (χ2n) is 5.18. The lowest BCUT2D eigenvalue weighted by Gasteiger charge is -2.30. The molecule has 0 aliphatic carbocycles. The summed E-state index contributed by atoms with van der Waals surface area (Å²) in [5.74, 6) is 0.732. The van der Waals surface area contributed by atoms with E-state index in [-0.39, 0.29) is 0 Å². The monoisotopic (exact) mass is 270 g/mol. The summed E-state index contributed by atoms with van der Waals surface area (Å²) in [5, 5.41) is 11.3. The molecule has 0 radical (unpaired) electrons. The Hall–Kier alpha value is -1.80. The lowest BCUT2D eigenvalue weighted by atomic mass is 9.81. The van der Waals surface area contributed by atoms with E-state index in [1.165, 1.54) is 0 Å². The summed E-state index contributed by atoms with van der Waals surface area (Å²) in [5.41, 5.74) is 1.86. The predicted molar refractivity (Wildman–Crippen MR) is 82.1 cm³/mol. The van der Waals surface area contributed by atoms with Crippen LogP contribution < -0.4 is 4.74 Å². The molecule has 0 spiro atoms. The first kappa shape index (κ1) is 14.6. The molecule has 0 amide bonds. The average Bonchev–Trinajstić information content (AvgIpc) is 2.48. The molecule has 2 rings (SSSR count). The summed E-state index contributed by atoms with van der Waals surface area (Å²) >= 11 is 0. The van der Waals surface area contributed by atoms with Crippen LogP contribution in [0.25, 0.3) is 0 Å². The third kappa shape index (κ3) is 2.70. The molecule has 0 bridgehead atoms. The van der Waals surface area contributed by atoms with Gasteiger partial charge in [0, 0.05) is 5.56 Å². The van der Waals surface area contributed by atoms with Gasteiger partial charge in [-0.15, -0.1) is 0 Å². The van der Waals surface area contributed by atoms with Crippen molar-refractivity contribution in [2.75, 3.05) is 7.11 Å². The van der Waals surface area contributed by atoms with E-state index in [1.54, 1.807) is 7.11 Å². The highest BCUT2D eigenvalue weighted by atomic mass is 16.5. The second kappa shape index (κ2) is 6.10. The summed E-state index contributed by atoms with van der Waals surface area (Å²) in [6.45, 7) is 4.11. The average molecular weight is 270 g/mol. The first-order chi connectivity index (χ1) is 9.61. The Morgan fingerprint density at radius 2 is 1.80 bits per heavy atom. The van der Waals surface area contributed by atoms with Gasteiger partial charge >= 0.3 is 0 Å². The predicted octanol–water partition coefficient (Wildman–Crippen LogP) is 4.04. The van der Waals surface area contributed by atoms with E-state index in [4.69, 9.17) is 4.74 Å². The molecule has 2 aromatic rings. The number of ether oxygens (including phenoxy) is 1. The van der Waals surface area contributed by atoms with Gasteiger partial charge in [0.25, 0.3) is 0 Å². The van der Waals surface area contributed by atoms with E-state index < -0.39 is 5.60 Å². The number of aliphatic hydroxyl groups is 1. The molecule has 106 valence electrons. The quantitative estimate of drug-likeness (QED) is 0.888. The van der Waals surface area contributed by atoms with E-state index in [1.807, 2.05) is 55.5 Å². The Balaban J connectivity index is 2.61. The highest BCUT2D eigenvalue weighted by molar-refractivity contribution is 5.46. The van der Waals surface area contributed by atoms with E-state index >= 15 is 0 Å². The van der Waals surface area contributed by atoms with Crippen LogP contribution in [0.3, 0.4) is 0 Å². The minimum absolute atomic E-state index is 0.664. The van der Waals surface area contributed by atoms with Gasteiger partial charge in [0.15, 0.2) is 0 Å². The third-order valence-corrected chi connectivity index (χ3v) is 3.66. The van der Waals surface area contributed by atoms with E-state index in [0.717, 1.165) is 28.9 Å². The van der Waals surface area contributed by atoms with Crippen molar-refractivity contribution in [3.8, 4) is 5.75 Å². The normalized spacial score (nSPS) is 13.8. The zero-order chi connectivity index (χ0) is 14.6. The highest BCUT2D eigenvalue weighted by Gasteiger charge is 2.33. The minimum Gasteiger partial charge on any atom is -0.496 e. The molecule has 0 saturated carbocycles. The van der Waals surface area contributed by atoms with Gasteiger partial charge in [-0.2, -0.15) is 0 Å². The molecule has 2 nitrogen and oxygen atoms in total. The molecule has 0 saturated heterocycles. The Kier molecular flexibility index (Phi) is 4.46. The van der Waals surface area contributed by atoms with Crippen LogP contribution in [0, 0.1) is 6.92 Å². The van der Waals surface area contributed by atoms with Gasteiger partial charge in [-0.1, -0.05) is 55.3 Å². The molecule has 2 heteroatoms. The Bertz CT molecular complexity index is 563. The number of hydrogen-bond donors (Lipinski definition) is 1. The van der Waals surface area contributed by atoms with Crippen molar-refractivity contribution in [1.29, 1.82) is 0 Å². The van der Waals surface area contributed by atoms with Gasteiger partial charge in [-0.3, -0.25) is 0 Å². The maximum absolute atomic E-state index is 11.3. The van der Waals surface area contributed by atoms with Gasteiger partial charge in [0.2, 0.25) is 0 Å². The number of hydrogen-bond acceptors (Lipinski definition) is 2. The third-order valence-electron chi connectivity index (χ3n) is 3.66. The van der Waals surface area contributed by atoms with E-state index in [0.29, 0.717) is 6.42 Å². The molecule has 0 aromatic heterocycles. The summed E-state index contributed by atoms with van der Waals surface area (Å²) in [4.78, 5) is 0. The second-order valence-corrected chi connectivity index (χ2v) is 5.18. The fourth-order valence-electron chi connectivity index (χ4n) is 2.66. The topological polar surface area (TPSA) is 29.5 Å². The van der Waals surface area contributed by atoms with Crippen LogP contribution in [0.4, 0.5) is 0 Å². The van der Waals surface area contributed by atoms with Crippen LogP contribution in [0.5, 0.6) is 5.75 Å². The maximum atomic E-state index is 11.3. The number of aryl methyl sites for hydroxylation is 1. The van der Waals surface area contributed by atoms with Crippen molar-refractivity contribution in [2.45, 2.75) is 32.3 Å². The Morgan fingerprint density at radius 3 is 2.40 bits per heavy atom. The standard InChI is InChI=1S/C18H22O2/c1-4-12-18(19,15-8-6-5-7-9-15)16-13-14(2)10-11-17(16)20-3/h5-11,13,19H,4,12H2,1-3H3. The zero-order valence-corrected chi connectivity index (χ0v) is 12.4. The smallest absolute Gasteiger partial charge is 0.125 e. The number of benzene rings is 2. The van der Waals surface area contributed by atoms with Crippen LogP contribution in [0.1, 0.15) is 36.5 Å². The van der Waals surface area contributed by atoms with Crippen LogP contribution in [0.2, 0.25) is 0 Å². The molecular weight excluding hydrogens is 248 g/mol. The van der Waals surface area contributed by atoms with Gasteiger partial charge < -0.3 is 9.84 Å². The summed E-state index contributed by atoms with van der Waals surface area (Å²) < 4.78 is 5.45. The first-order valence-electron chi connectivity index (χ1n) is 7.05. The summed E-state index contributed by atoms with van der Waals surface area (Å²) in [6, 6.07) is 15.8. The van der Waals surface area contributed by atoms with E-state index in [9.17, 15) is 5.11 Å². The van der Waals surface area contributed by atoms with Crippen LogP contribution in [0.15, 0.2) is 48.5 Å². The molecule has 2 aromatic carbocycles. The van der Waals surface area contributed by atoms with Crippen LogP contribution in [-0.2, 0) is 5.60 Å². The summed E-state index contributed by atoms with van der Waals surface area (Å²) in [7, 11) is 1.64. The van der Waals surface area contributed by atoms with Crippen molar-refractivity contribution in [2.24, 2.45) is 0 Å². The van der Waals surface area contributed by atoms with Gasteiger partial charge in [0.1, 0.15) is 11.4 Å². The Labute approximate surface area is 121 Å². The molecule has 0 aliphatic rings. The van der Waals surface area contributed by atoms with Crippen LogP contribution in [-0.4, -0.2) is 12.2 Å². The first-order valence-corrected chi connectivity index (χ1v) is 7.05. The SMILES string of the molecule is CCCC(O)(c1ccccc1)c1cc(C)ccc1OC. The summed E-state index contributed by atoms with van der Waals surface area (Å²) in [6.07, 6.45) is 1.55. The van der Waals surface area contributed by atoms with Gasteiger partial charge in [-0.25, -0.2) is 0 Å². The van der Waals surface area contributed by atoms with Crippen LogP contribution >= 0.6 is 0 Å². The molecule has 0 fully saturated rings. The van der Waals surface area contributed by atoms with Gasteiger partial charge in [-0.05, 0) is 31.0 Å². The van der Waals surface area contributed by atoms with Crippen molar-refractivity contribution in [1.82, 2.24) is 0 Å². The van der Waals surface area contributed by atoms with Crippen molar-refractivity contribution >= 4 is 0 Å². The van der Waals surface area contributed by atoms with Gasteiger partial charge in [0.05, 0.1) is 7.11 Å². The molecule has 20 heavy (non-hydrogen) atoms. The largest absolute Gasteiger partial charge is 0.496 e. The minimum atomic E-state index is -1.01. The van der Waals surface area contributed by atoms with E-state index in [2.05, 4.69) is 6.92 Å².